The lowest BCUT2D eigenvalue weighted by Crippen LogP contribution is -2.58. The quantitative estimate of drug-likeness (QED) is 0.638. The summed E-state index contributed by atoms with van der Waals surface area (Å²) in [4.78, 5) is 7.18. The van der Waals surface area contributed by atoms with Crippen molar-refractivity contribution < 1.29 is 5.11 Å². The van der Waals surface area contributed by atoms with Crippen LogP contribution >= 0.6 is 0 Å². The van der Waals surface area contributed by atoms with E-state index >= 15 is 0 Å². The Balaban J connectivity index is 1.71. The highest BCUT2D eigenvalue weighted by atomic mass is 16.3. The Morgan fingerprint density at radius 3 is 2.21 bits per heavy atom. The highest BCUT2D eigenvalue weighted by Crippen LogP contribution is 2.38. The van der Waals surface area contributed by atoms with E-state index in [0.29, 0.717) is 5.92 Å². The Hall–Kier alpha value is -0.200. The summed E-state index contributed by atoms with van der Waals surface area (Å²) in [5, 5.41) is 9.56. The molecule has 1 heterocycles. The summed E-state index contributed by atoms with van der Waals surface area (Å²) in [5.41, 5.74) is 6.00. The van der Waals surface area contributed by atoms with Gasteiger partial charge in [0.05, 0.1) is 12.1 Å². The van der Waals surface area contributed by atoms with Crippen LogP contribution in [0, 0.1) is 5.92 Å². The molecule has 2 rings (SSSR count). The van der Waals surface area contributed by atoms with E-state index in [1.165, 1.54) is 12.8 Å². The number of rotatable bonds is 7. The summed E-state index contributed by atoms with van der Waals surface area (Å²) in [5.74, 6) is 0.546. The normalized spacial score (nSPS) is 25.7. The van der Waals surface area contributed by atoms with Crippen molar-refractivity contribution in [2.75, 3.05) is 66.5 Å². The Morgan fingerprint density at radius 1 is 1.16 bits per heavy atom. The first-order valence-electron chi connectivity index (χ1n) is 7.53. The van der Waals surface area contributed by atoms with E-state index in [-0.39, 0.29) is 12.1 Å². The molecule has 0 aromatic rings. The molecule has 5 heteroatoms. The van der Waals surface area contributed by atoms with Gasteiger partial charge in [-0.15, -0.1) is 0 Å². The molecule has 0 radical (unpaired) electrons. The van der Waals surface area contributed by atoms with Crippen molar-refractivity contribution in [2.24, 2.45) is 11.7 Å². The standard InChI is InChI=1S/C14H30N4O/c1-16(2)5-6-17-7-9-18(10-8-17)11-14(15,12-19)13-3-4-13/h13,19H,3-12,15H2,1-2H3. The minimum absolute atomic E-state index is 0.124. The van der Waals surface area contributed by atoms with E-state index in [1.807, 2.05) is 0 Å². The lowest BCUT2D eigenvalue weighted by molar-refractivity contribution is 0.0764. The van der Waals surface area contributed by atoms with Crippen molar-refractivity contribution in [1.82, 2.24) is 14.7 Å². The SMILES string of the molecule is CN(C)CCN1CCN(CC(N)(CO)C2CC2)CC1. The van der Waals surface area contributed by atoms with Crippen LogP contribution in [-0.2, 0) is 0 Å². The molecule has 0 amide bonds. The second-order valence-corrected chi connectivity index (χ2v) is 6.59. The topological polar surface area (TPSA) is 56.0 Å². The van der Waals surface area contributed by atoms with Gasteiger partial charge >= 0.3 is 0 Å². The van der Waals surface area contributed by atoms with Crippen LogP contribution in [0.15, 0.2) is 0 Å². The van der Waals surface area contributed by atoms with E-state index in [4.69, 9.17) is 5.73 Å². The van der Waals surface area contributed by atoms with Gasteiger partial charge in [0.25, 0.3) is 0 Å². The molecule has 1 atom stereocenters. The van der Waals surface area contributed by atoms with Crippen molar-refractivity contribution in [2.45, 2.75) is 18.4 Å². The number of aliphatic hydroxyl groups excluding tert-OH is 1. The lowest BCUT2D eigenvalue weighted by Gasteiger charge is -2.40. The summed E-state index contributed by atoms with van der Waals surface area (Å²) in [6, 6.07) is 0. The van der Waals surface area contributed by atoms with Crippen LogP contribution in [0.25, 0.3) is 0 Å². The third-order valence-electron chi connectivity index (χ3n) is 4.53. The van der Waals surface area contributed by atoms with Crippen molar-refractivity contribution in [1.29, 1.82) is 0 Å². The van der Waals surface area contributed by atoms with Crippen LogP contribution in [0.1, 0.15) is 12.8 Å². The van der Waals surface area contributed by atoms with Crippen LogP contribution in [0.5, 0.6) is 0 Å². The molecule has 0 aromatic heterocycles. The van der Waals surface area contributed by atoms with E-state index in [1.54, 1.807) is 0 Å². The molecule has 1 unspecified atom stereocenters. The molecule has 1 saturated carbocycles. The third-order valence-corrected chi connectivity index (χ3v) is 4.53. The van der Waals surface area contributed by atoms with Crippen LogP contribution < -0.4 is 5.73 Å². The van der Waals surface area contributed by atoms with E-state index in [2.05, 4.69) is 28.8 Å². The van der Waals surface area contributed by atoms with Crippen molar-refractivity contribution in [3.63, 3.8) is 0 Å². The van der Waals surface area contributed by atoms with Gasteiger partial charge in [0.15, 0.2) is 0 Å². The number of piperazine rings is 1. The van der Waals surface area contributed by atoms with Gasteiger partial charge in [0, 0.05) is 45.8 Å². The Labute approximate surface area is 117 Å². The third kappa shape index (κ3) is 4.39. The van der Waals surface area contributed by atoms with Crippen LogP contribution in [-0.4, -0.2) is 91.9 Å². The van der Waals surface area contributed by atoms with Crippen LogP contribution in [0.4, 0.5) is 0 Å². The fraction of sp³-hybridized carbons (Fsp3) is 1.00. The maximum atomic E-state index is 9.56. The van der Waals surface area contributed by atoms with Gasteiger partial charge < -0.3 is 15.7 Å². The molecule has 2 aliphatic rings. The van der Waals surface area contributed by atoms with Crippen molar-refractivity contribution in [3.05, 3.63) is 0 Å². The van der Waals surface area contributed by atoms with E-state index in [0.717, 1.165) is 45.8 Å². The number of nitrogens with zero attached hydrogens (tertiary/aromatic N) is 3. The molecule has 1 saturated heterocycles. The van der Waals surface area contributed by atoms with E-state index < -0.39 is 0 Å². The van der Waals surface area contributed by atoms with Gasteiger partial charge in [-0.1, -0.05) is 0 Å². The number of aliphatic hydroxyl groups is 1. The van der Waals surface area contributed by atoms with Gasteiger partial charge in [-0.3, -0.25) is 9.80 Å². The minimum Gasteiger partial charge on any atom is -0.394 e. The van der Waals surface area contributed by atoms with Crippen LogP contribution in [0.3, 0.4) is 0 Å². The highest BCUT2D eigenvalue weighted by Gasteiger charge is 2.43. The molecule has 1 aliphatic heterocycles. The molecular formula is C14H30N4O. The number of nitrogens with two attached hydrogens (primary N) is 1. The number of hydrogen-bond donors (Lipinski definition) is 2. The lowest BCUT2D eigenvalue weighted by atomic mass is 9.94. The Bertz CT molecular complexity index is 275. The Kier molecular flexibility index (Phi) is 5.20. The fourth-order valence-electron chi connectivity index (χ4n) is 2.90. The van der Waals surface area contributed by atoms with Gasteiger partial charge in [0.1, 0.15) is 0 Å². The molecule has 0 bridgehead atoms. The zero-order valence-electron chi connectivity index (χ0n) is 12.5. The molecule has 0 aromatic carbocycles. The van der Waals surface area contributed by atoms with Crippen LogP contribution in [0.2, 0.25) is 0 Å². The summed E-state index contributed by atoms with van der Waals surface area (Å²) < 4.78 is 0. The van der Waals surface area contributed by atoms with Crippen molar-refractivity contribution in [3.8, 4) is 0 Å². The Morgan fingerprint density at radius 2 is 1.74 bits per heavy atom. The molecule has 112 valence electrons. The molecule has 3 N–H and O–H groups in total. The zero-order chi connectivity index (χ0) is 13.9. The second kappa shape index (κ2) is 6.50. The van der Waals surface area contributed by atoms with Gasteiger partial charge in [-0.05, 0) is 32.9 Å². The second-order valence-electron chi connectivity index (χ2n) is 6.59. The maximum Gasteiger partial charge on any atom is 0.0626 e. The zero-order valence-corrected chi connectivity index (χ0v) is 12.5. The first-order valence-corrected chi connectivity index (χ1v) is 7.53. The summed E-state index contributed by atoms with van der Waals surface area (Å²) in [6.45, 7) is 7.67. The summed E-state index contributed by atoms with van der Waals surface area (Å²) in [7, 11) is 4.24. The smallest absolute Gasteiger partial charge is 0.0626 e. The van der Waals surface area contributed by atoms with E-state index in [9.17, 15) is 5.11 Å². The van der Waals surface area contributed by atoms with Gasteiger partial charge in [0.2, 0.25) is 0 Å². The molecular weight excluding hydrogens is 240 g/mol. The van der Waals surface area contributed by atoms with Gasteiger partial charge in [-0.2, -0.15) is 0 Å². The summed E-state index contributed by atoms with van der Waals surface area (Å²) in [6.07, 6.45) is 2.39. The first-order chi connectivity index (χ1) is 9.03. The van der Waals surface area contributed by atoms with Gasteiger partial charge in [-0.25, -0.2) is 0 Å². The monoisotopic (exact) mass is 270 g/mol. The molecule has 5 nitrogen and oxygen atoms in total. The molecule has 2 fully saturated rings. The average Bonchev–Trinajstić information content (AvgIpc) is 3.22. The molecule has 19 heavy (non-hydrogen) atoms. The van der Waals surface area contributed by atoms with Crippen molar-refractivity contribution >= 4 is 0 Å². The predicted molar refractivity (Wildman–Crippen MR) is 78.2 cm³/mol. The first kappa shape index (κ1) is 15.2. The summed E-state index contributed by atoms with van der Waals surface area (Å²) >= 11 is 0. The number of hydrogen-bond acceptors (Lipinski definition) is 5. The minimum atomic E-state index is -0.355. The fourth-order valence-corrected chi connectivity index (χ4v) is 2.90. The molecule has 1 aliphatic carbocycles. The molecule has 0 spiro atoms. The number of likely N-dealkylation sites (N-methyl/N-ethyl adjacent to an activating group) is 1. The predicted octanol–water partition coefficient (Wildman–Crippen LogP) is -0.735. The highest BCUT2D eigenvalue weighted by molar-refractivity contribution is 5.00. The average molecular weight is 270 g/mol. The largest absolute Gasteiger partial charge is 0.394 e. The maximum absolute atomic E-state index is 9.56.